The zero-order valence-corrected chi connectivity index (χ0v) is 20.4. The van der Waals surface area contributed by atoms with Crippen LogP contribution in [0.3, 0.4) is 0 Å². The third kappa shape index (κ3) is 6.40. The molecule has 0 bridgehead atoms. The molecule has 1 aliphatic heterocycles. The van der Waals surface area contributed by atoms with Crippen LogP contribution in [-0.4, -0.2) is 29.8 Å². The molecule has 0 radical (unpaired) electrons. The molecule has 0 fully saturated rings. The molecule has 1 atom stereocenters. The minimum absolute atomic E-state index is 0.115. The maximum atomic E-state index is 12.7. The van der Waals surface area contributed by atoms with Crippen LogP contribution in [0.25, 0.3) is 5.57 Å². The van der Waals surface area contributed by atoms with Crippen molar-refractivity contribution in [2.45, 2.75) is 39.4 Å². The second kappa shape index (κ2) is 11.1. The Balaban J connectivity index is 1.55. The molecular weight excluding hydrogens is 436 g/mol. The summed E-state index contributed by atoms with van der Waals surface area (Å²) in [6, 6.07) is 22.0. The van der Waals surface area contributed by atoms with E-state index in [1.807, 2.05) is 62.4 Å². The number of nitrogens with one attached hydrogen (secondary N) is 2. The van der Waals surface area contributed by atoms with Crippen LogP contribution in [-0.2, 0) is 11.2 Å². The first-order valence-electron chi connectivity index (χ1n) is 12.0. The molecule has 0 saturated carbocycles. The van der Waals surface area contributed by atoms with Gasteiger partial charge in [-0.25, -0.2) is 0 Å². The molecule has 0 aliphatic carbocycles. The number of aliphatic hydroxyl groups is 1. The van der Waals surface area contributed by atoms with Gasteiger partial charge in [-0.2, -0.15) is 0 Å². The van der Waals surface area contributed by atoms with Gasteiger partial charge in [0.15, 0.2) is 0 Å². The Kier molecular flexibility index (Phi) is 7.68. The largest absolute Gasteiger partial charge is 0.491 e. The highest BCUT2D eigenvalue weighted by Crippen LogP contribution is 2.29. The van der Waals surface area contributed by atoms with Crippen LogP contribution >= 0.6 is 0 Å². The zero-order valence-electron chi connectivity index (χ0n) is 20.4. The molecule has 1 aliphatic rings. The van der Waals surface area contributed by atoms with Gasteiger partial charge < -0.3 is 20.5 Å². The lowest BCUT2D eigenvalue weighted by Gasteiger charge is -2.24. The molecule has 5 nitrogen and oxygen atoms in total. The van der Waals surface area contributed by atoms with Gasteiger partial charge in [-0.05, 0) is 61.7 Å². The summed E-state index contributed by atoms with van der Waals surface area (Å²) < 4.78 is 5.78. The van der Waals surface area contributed by atoms with Gasteiger partial charge in [-0.15, -0.1) is 0 Å². The number of amides is 1. The van der Waals surface area contributed by atoms with Crippen molar-refractivity contribution in [1.29, 1.82) is 0 Å². The molecule has 3 aromatic carbocycles. The molecular formula is C30H32N2O3. The SMILES string of the molecule is Cc1ccc(/C(=C\C=C\C(=O)Nc2cccc3c2CC(O)CN3)c2ccc(OC(C)C)cc2)cc1. The van der Waals surface area contributed by atoms with Crippen molar-refractivity contribution in [2.24, 2.45) is 0 Å². The van der Waals surface area contributed by atoms with Crippen LogP contribution in [0.4, 0.5) is 11.4 Å². The first-order valence-corrected chi connectivity index (χ1v) is 12.0. The van der Waals surface area contributed by atoms with Crippen LogP contribution in [0.5, 0.6) is 5.75 Å². The molecule has 0 saturated heterocycles. The number of fused-ring (bicyclic) bond motifs is 1. The van der Waals surface area contributed by atoms with E-state index in [9.17, 15) is 9.90 Å². The zero-order chi connectivity index (χ0) is 24.8. The summed E-state index contributed by atoms with van der Waals surface area (Å²) >= 11 is 0. The van der Waals surface area contributed by atoms with Gasteiger partial charge in [0.25, 0.3) is 0 Å². The average Bonchev–Trinajstić information content (AvgIpc) is 2.83. The van der Waals surface area contributed by atoms with E-state index in [4.69, 9.17) is 4.74 Å². The summed E-state index contributed by atoms with van der Waals surface area (Å²) in [5.74, 6) is 0.603. The van der Waals surface area contributed by atoms with Crippen molar-refractivity contribution >= 4 is 22.9 Å². The molecule has 1 heterocycles. The number of hydrogen-bond acceptors (Lipinski definition) is 4. The number of anilines is 2. The number of aryl methyl sites for hydroxylation is 1. The van der Waals surface area contributed by atoms with E-state index in [0.29, 0.717) is 18.7 Å². The van der Waals surface area contributed by atoms with E-state index in [0.717, 1.165) is 33.7 Å². The molecule has 3 aromatic rings. The maximum Gasteiger partial charge on any atom is 0.248 e. The van der Waals surface area contributed by atoms with E-state index in [1.54, 1.807) is 6.08 Å². The smallest absolute Gasteiger partial charge is 0.248 e. The fourth-order valence-electron chi connectivity index (χ4n) is 4.11. The van der Waals surface area contributed by atoms with E-state index in [-0.39, 0.29) is 12.0 Å². The quantitative estimate of drug-likeness (QED) is 0.306. The van der Waals surface area contributed by atoms with Gasteiger partial charge >= 0.3 is 0 Å². The Morgan fingerprint density at radius 3 is 2.43 bits per heavy atom. The normalized spacial score (nSPS) is 15.6. The maximum absolute atomic E-state index is 12.7. The van der Waals surface area contributed by atoms with Crippen molar-refractivity contribution in [3.8, 4) is 5.75 Å². The predicted molar refractivity (Wildman–Crippen MR) is 143 cm³/mol. The lowest BCUT2D eigenvalue weighted by molar-refractivity contribution is -0.111. The molecule has 1 unspecified atom stereocenters. The van der Waals surface area contributed by atoms with Crippen molar-refractivity contribution in [2.75, 3.05) is 17.2 Å². The van der Waals surface area contributed by atoms with Gasteiger partial charge in [0.05, 0.1) is 12.2 Å². The number of hydrogen-bond donors (Lipinski definition) is 3. The number of allylic oxidation sites excluding steroid dienone is 2. The highest BCUT2D eigenvalue weighted by molar-refractivity contribution is 6.00. The van der Waals surface area contributed by atoms with Gasteiger partial charge in [-0.1, -0.05) is 60.2 Å². The number of benzene rings is 3. The Hall–Kier alpha value is -3.83. The first-order chi connectivity index (χ1) is 16.9. The molecule has 4 rings (SSSR count). The van der Waals surface area contributed by atoms with Crippen molar-refractivity contribution in [1.82, 2.24) is 0 Å². The number of aliphatic hydroxyl groups excluding tert-OH is 1. The third-order valence-electron chi connectivity index (χ3n) is 5.81. The molecule has 1 amide bonds. The fourth-order valence-corrected chi connectivity index (χ4v) is 4.11. The summed E-state index contributed by atoms with van der Waals surface area (Å²) in [5.41, 5.74) is 6.88. The van der Waals surface area contributed by atoms with E-state index >= 15 is 0 Å². The molecule has 3 N–H and O–H groups in total. The lowest BCUT2D eigenvalue weighted by atomic mass is 9.96. The van der Waals surface area contributed by atoms with E-state index in [2.05, 4.69) is 41.8 Å². The number of β-amino-alcohol motifs (C(OH)–C–C–N with tert-alkyl or cyclic N) is 1. The van der Waals surface area contributed by atoms with Crippen LogP contribution in [0.2, 0.25) is 0 Å². The minimum Gasteiger partial charge on any atom is -0.491 e. The Bertz CT molecular complexity index is 1230. The molecule has 0 spiro atoms. The van der Waals surface area contributed by atoms with Gasteiger partial charge in [0.1, 0.15) is 5.75 Å². The van der Waals surface area contributed by atoms with Gasteiger partial charge in [0, 0.05) is 36.0 Å². The fraction of sp³-hybridized carbons (Fsp3) is 0.233. The van der Waals surface area contributed by atoms with E-state index in [1.165, 1.54) is 11.6 Å². The molecule has 180 valence electrons. The number of carbonyl (C=O) groups excluding carboxylic acids is 1. The standard InChI is InChI=1S/C30H32N2O3/c1-20(2)35-25-16-14-23(15-17-25)26(22-12-10-21(3)11-13-22)6-4-9-30(34)32-29-8-5-7-28-27(29)18-24(33)19-31-28/h4-17,20,24,31,33H,18-19H2,1-3H3,(H,32,34)/b9-4+,26-6+. The van der Waals surface area contributed by atoms with Crippen LogP contribution in [0.15, 0.2) is 85.0 Å². The van der Waals surface area contributed by atoms with Crippen molar-refractivity contribution in [3.63, 3.8) is 0 Å². The summed E-state index contributed by atoms with van der Waals surface area (Å²) in [5, 5.41) is 16.2. The van der Waals surface area contributed by atoms with Crippen LogP contribution in [0.1, 0.15) is 36.1 Å². The second-order valence-corrected chi connectivity index (χ2v) is 9.06. The Morgan fingerprint density at radius 2 is 1.74 bits per heavy atom. The Labute approximate surface area is 207 Å². The van der Waals surface area contributed by atoms with Crippen LogP contribution in [0, 0.1) is 6.92 Å². The predicted octanol–water partition coefficient (Wildman–Crippen LogP) is 5.74. The molecule has 5 heteroatoms. The lowest BCUT2D eigenvalue weighted by Crippen LogP contribution is -2.28. The van der Waals surface area contributed by atoms with Gasteiger partial charge in [0.2, 0.25) is 5.91 Å². The first kappa shape index (κ1) is 24.3. The molecule has 35 heavy (non-hydrogen) atoms. The summed E-state index contributed by atoms with van der Waals surface area (Å²) in [4.78, 5) is 12.7. The third-order valence-corrected chi connectivity index (χ3v) is 5.81. The van der Waals surface area contributed by atoms with Crippen LogP contribution < -0.4 is 15.4 Å². The summed E-state index contributed by atoms with van der Waals surface area (Å²) in [7, 11) is 0. The summed E-state index contributed by atoms with van der Waals surface area (Å²) in [6.45, 7) is 6.59. The topological polar surface area (TPSA) is 70.6 Å². The highest BCUT2D eigenvalue weighted by Gasteiger charge is 2.19. The summed E-state index contributed by atoms with van der Waals surface area (Å²) in [6.07, 6.45) is 5.41. The van der Waals surface area contributed by atoms with E-state index < -0.39 is 6.10 Å². The van der Waals surface area contributed by atoms with Gasteiger partial charge in [-0.3, -0.25) is 4.79 Å². The number of ether oxygens (including phenoxy) is 1. The van der Waals surface area contributed by atoms with Crippen molar-refractivity contribution < 1.29 is 14.6 Å². The van der Waals surface area contributed by atoms with Crippen molar-refractivity contribution in [3.05, 3.63) is 107 Å². The monoisotopic (exact) mass is 468 g/mol. The average molecular weight is 469 g/mol. The number of rotatable bonds is 7. The minimum atomic E-state index is -0.464. The number of carbonyl (C=O) groups is 1. The highest BCUT2D eigenvalue weighted by atomic mass is 16.5. The Morgan fingerprint density at radius 1 is 1.06 bits per heavy atom. The molecule has 0 aromatic heterocycles. The second-order valence-electron chi connectivity index (χ2n) is 9.06.